The van der Waals surface area contributed by atoms with Crippen molar-refractivity contribution in [1.29, 1.82) is 0 Å². The van der Waals surface area contributed by atoms with Gasteiger partial charge in [0.15, 0.2) is 0 Å². The van der Waals surface area contributed by atoms with E-state index in [4.69, 9.17) is 0 Å². The first-order valence-corrected chi connectivity index (χ1v) is 11.9. The van der Waals surface area contributed by atoms with E-state index in [2.05, 4.69) is 17.1 Å². The highest BCUT2D eigenvalue weighted by atomic mass is 15.2. The Balaban J connectivity index is 1.65. The zero-order chi connectivity index (χ0) is 17.8. The summed E-state index contributed by atoms with van der Waals surface area (Å²) < 4.78 is 0. The molecule has 0 aliphatic carbocycles. The molecule has 25 heavy (non-hydrogen) atoms. The van der Waals surface area contributed by atoms with E-state index in [0.29, 0.717) is 0 Å². The first-order chi connectivity index (χ1) is 12.4. The third-order valence-corrected chi connectivity index (χ3v) is 5.79. The van der Waals surface area contributed by atoms with E-state index in [1.54, 1.807) is 0 Å². The summed E-state index contributed by atoms with van der Waals surface area (Å²) in [6.07, 6.45) is 24.9. The second-order valence-electron chi connectivity index (χ2n) is 8.25. The van der Waals surface area contributed by atoms with Crippen LogP contribution in [0.1, 0.15) is 116 Å². The largest absolute Gasteiger partial charge is 0.314 e. The molecule has 0 unspecified atom stereocenters. The van der Waals surface area contributed by atoms with Gasteiger partial charge in [0.2, 0.25) is 0 Å². The van der Waals surface area contributed by atoms with Crippen LogP contribution in [0.3, 0.4) is 0 Å². The molecule has 2 nitrogen and oxygen atoms in total. The van der Waals surface area contributed by atoms with Crippen molar-refractivity contribution in [2.45, 2.75) is 116 Å². The fourth-order valence-electron chi connectivity index (χ4n) is 4.00. The quantitative estimate of drug-likeness (QED) is 0.282. The van der Waals surface area contributed by atoms with Crippen molar-refractivity contribution in [2.75, 3.05) is 32.7 Å². The van der Waals surface area contributed by atoms with Gasteiger partial charge in [-0.1, -0.05) is 110 Å². The molecule has 0 radical (unpaired) electrons. The first kappa shape index (κ1) is 23.0. The fourth-order valence-corrected chi connectivity index (χ4v) is 4.00. The van der Waals surface area contributed by atoms with Crippen molar-refractivity contribution in [3.63, 3.8) is 0 Å². The van der Waals surface area contributed by atoms with E-state index in [9.17, 15) is 0 Å². The van der Waals surface area contributed by atoms with Crippen LogP contribution in [-0.4, -0.2) is 37.6 Å². The van der Waals surface area contributed by atoms with Crippen LogP contribution in [0.25, 0.3) is 0 Å². The fraction of sp³-hybridized carbons (Fsp3) is 1.00. The van der Waals surface area contributed by atoms with Gasteiger partial charge in [0, 0.05) is 26.2 Å². The molecule has 150 valence electrons. The molecule has 0 spiro atoms. The average molecular weight is 353 g/mol. The molecule has 1 rings (SSSR count). The normalized spacial score (nSPS) is 15.7. The van der Waals surface area contributed by atoms with Crippen LogP contribution < -0.4 is 5.32 Å². The minimum absolute atomic E-state index is 1.19. The molecule has 0 atom stereocenters. The molecule has 1 N–H and O–H groups in total. The maximum absolute atomic E-state index is 3.43. The predicted molar refractivity (Wildman–Crippen MR) is 113 cm³/mol. The van der Waals surface area contributed by atoms with Gasteiger partial charge in [-0.15, -0.1) is 0 Å². The Labute approximate surface area is 159 Å². The van der Waals surface area contributed by atoms with Gasteiger partial charge >= 0.3 is 0 Å². The number of rotatable bonds is 18. The van der Waals surface area contributed by atoms with Crippen LogP contribution in [0.2, 0.25) is 0 Å². The molecule has 1 aliphatic heterocycles. The lowest BCUT2D eigenvalue weighted by atomic mass is 10.0. The number of hydrogen-bond acceptors (Lipinski definition) is 2. The summed E-state index contributed by atoms with van der Waals surface area (Å²) in [6.45, 7) is 8.55. The molecule has 1 aliphatic rings. The SMILES string of the molecule is CCCCCCCCCCCCCCCCCCCN1CCNCC1. The highest BCUT2D eigenvalue weighted by molar-refractivity contribution is 4.67. The predicted octanol–water partition coefficient (Wildman–Crippen LogP) is 6.54. The summed E-state index contributed by atoms with van der Waals surface area (Å²) >= 11 is 0. The van der Waals surface area contributed by atoms with E-state index in [1.165, 1.54) is 142 Å². The second kappa shape index (κ2) is 18.7. The van der Waals surface area contributed by atoms with E-state index in [1.807, 2.05) is 0 Å². The molecule has 0 bridgehead atoms. The minimum atomic E-state index is 1.19. The van der Waals surface area contributed by atoms with Crippen molar-refractivity contribution in [1.82, 2.24) is 10.2 Å². The van der Waals surface area contributed by atoms with Gasteiger partial charge in [0.05, 0.1) is 0 Å². The van der Waals surface area contributed by atoms with Gasteiger partial charge in [0.25, 0.3) is 0 Å². The lowest BCUT2D eigenvalue weighted by molar-refractivity contribution is 0.236. The lowest BCUT2D eigenvalue weighted by Crippen LogP contribution is -2.43. The van der Waals surface area contributed by atoms with Gasteiger partial charge in [-0.25, -0.2) is 0 Å². The lowest BCUT2D eigenvalue weighted by Gasteiger charge is -2.27. The molecule has 1 saturated heterocycles. The Morgan fingerprint density at radius 3 is 1.28 bits per heavy atom. The number of nitrogens with one attached hydrogen (secondary N) is 1. The molecule has 0 saturated carbocycles. The van der Waals surface area contributed by atoms with Crippen LogP contribution in [0.5, 0.6) is 0 Å². The third-order valence-electron chi connectivity index (χ3n) is 5.79. The Morgan fingerprint density at radius 1 is 0.520 bits per heavy atom. The van der Waals surface area contributed by atoms with Crippen LogP contribution in [0.4, 0.5) is 0 Å². The number of piperazine rings is 1. The van der Waals surface area contributed by atoms with Gasteiger partial charge in [-0.05, 0) is 13.0 Å². The highest BCUT2D eigenvalue weighted by Gasteiger charge is 2.07. The molecule has 0 aromatic heterocycles. The number of unbranched alkanes of at least 4 members (excludes halogenated alkanes) is 16. The number of hydrogen-bond donors (Lipinski definition) is 1. The Hall–Kier alpha value is -0.0800. The van der Waals surface area contributed by atoms with Gasteiger partial charge < -0.3 is 10.2 Å². The van der Waals surface area contributed by atoms with E-state index in [0.717, 1.165) is 0 Å². The monoisotopic (exact) mass is 352 g/mol. The van der Waals surface area contributed by atoms with E-state index in [-0.39, 0.29) is 0 Å². The molecule has 0 aromatic carbocycles. The molecule has 1 fully saturated rings. The van der Waals surface area contributed by atoms with Crippen molar-refractivity contribution in [3.05, 3.63) is 0 Å². The molecule has 0 aromatic rings. The second-order valence-corrected chi connectivity index (χ2v) is 8.25. The van der Waals surface area contributed by atoms with E-state index >= 15 is 0 Å². The van der Waals surface area contributed by atoms with Crippen molar-refractivity contribution >= 4 is 0 Å². The van der Waals surface area contributed by atoms with Crippen LogP contribution in [0, 0.1) is 0 Å². The first-order valence-electron chi connectivity index (χ1n) is 11.9. The molecule has 1 heterocycles. The minimum Gasteiger partial charge on any atom is -0.314 e. The van der Waals surface area contributed by atoms with Gasteiger partial charge in [0.1, 0.15) is 0 Å². The zero-order valence-electron chi connectivity index (χ0n) is 17.5. The van der Waals surface area contributed by atoms with Crippen molar-refractivity contribution in [2.24, 2.45) is 0 Å². The van der Waals surface area contributed by atoms with Crippen molar-refractivity contribution in [3.8, 4) is 0 Å². The summed E-state index contributed by atoms with van der Waals surface area (Å²) in [5.41, 5.74) is 0. The number of nitrogens with zero attached hydrogens (tertiary/aromatic N) is 1. The molecule has 0 amide bonds. The van der Waals surface area contributed by atoms with Crippen LogP contribution >= 0.6 is 0 Å². The average Bonchev–Trinajstić information content (AvgIpc) is 2.65. The van der Waals surface area contributed by atoms with Gasteiger partial charge in [-0.3, -0.25) is 0 Å². The van der Waals surface area contributed by atoms with Crippen LogP contribution in [0.15, 0.2) is 0 Å². The molecular formula is C23H48N2. The maximum Gasteiger partial charge on any atom is 0.0107 e. The van der Waals surface area contributed by atoms with Crippen molar-refractivity contribution < 1.29 is 0 Å². The maximum atomic E-state index is 3.43. The van der Waals surface area contributed by atoms with Gasteiger partial charge in [-0.2, -0.15) is 0 Å². The highest BCUT2D eigenvalue weighted by Crippen LogP contribution is 2.14. The summed E-state index contributed by atoms with van der Waals surface area (Å²) in [5, 5.41) is 3.43. The summed E-state index contributed by atoms with van der Waals surface area (Å²) in [5.74, 6) is 0. The smallest absolute Gasteiger partial charge is 0.0107 e. The Bertz CT molecular complexity index is 248. The summed E-state index contributed by atoms with van der Waals surface area (Å²) in [6, 6.07) is 0. The Kier molecular flexibility index (Phi) is 17.2. The topological polar surface area (TPSA) is 15.3 Å². The summed E-state index contributed by atoms with van der Waals surface area (Å²) in [4.78, 5) is 2.63. The standard InChI is InChI=1S/C23H48N2/c1-2-3-4-5-6-7-8-9-10-11-12-13-14-15-16-17-18-21-25-22-19-24-20-23-25/h24H,2-23H2,1H3. The molecule has 2 heteroatoms. The Morgan fingerprint density at radius 2 is 0.880 bits per heavy atom. The molecular weight excluding hydrogens is 304 g/mol. The zero-order valence-corrected chi connectivity index (χ0v) is 17.5. The van der Waals surface area contributed by atoms with E-state index < -0.39 is 0 Å². The summed E-state index contributed by atoms with van der Waals surface area (Å²) in [7, 11) is 0. The van der Waals surface area contributed by atoms with Crippen LogP contribution in [-0.2, 0) is 0 Å². The third kappa shape index (κ3) is 15.9.